The highest BCUT2D eigenvalue weighted by Gasteiger charge is 2.17. The van der Waals surface area contributed by atoms with Crippen molar-refractivity contribution in [3.63, 3.8) is 0 Å². The molecule has 0 radical (unpaired) electrons. The Bertz CT molecular complexity index is 475. The Balaban J connectivity index is 2.10. The fourth-order valence-electron chi connectivity index (χ4n) is 1.63. The first-order valence-corrected chi connectivity index (χ1v) is 5.48. The van der Waals surface area contributed by atoms with E-state index in [1.165, 1.54) is 0 Å². The van der Waals surface area contributed by atoms with E-state index in [-0.39, 0.29) is 17.6 Å². The Morgan fingerprint density at radius 3 is 2.71 bits per heavy atom. The third kappa shape index (κ3) is 2.93. The van der Waals surface area contributed by atoms with Crippen LogP contribution in [0.3, 0.4) is 0 Å². The lowest BCUT2D eigenvalue weighted by atomic mass is 9.99. The van der Waals surface area contributed by atoms with E-state index in [1.807, 2.05) is 31.2 Å². The van der Waals surface area contributed by atoms with Crippen LogP contribution in [0.1, 0.15) is 18.9 Å². The number of phenolic OH excluding ortho intramolecular Hbond substituents is 1. The Labute approximate surface area is 99.7 Å². The summed E-state index contributed by atoms with van der Waals surface area (Å²) >= 11 is 0. The second-order valence-electron chi connectivity index (χ2n) is 4.10. The van der Waals surface area contributed by atoms with E-state index in [1.54, 1.807) is 12.1 Å². The quantitative estimate of drug-likeness (QED) is 0.815. The zero-order chi connectivity index (χ0) is 12.3. The summed E-state index contributed by atoms with van der Waals surface area (Å²) < 4.78 is 0. The number of carbonyl (C=O) groups is 1. The molecule has 0 saturated carbocycles. The molecule has 0 bridgehead atoms. The fraction of sp³-hybridized carbons (Fsp3) is 0.231. The first-order valence-electron chi connectivity index (χ1n) is 5.48. The van der Waals surface area contributed by atoms with Gasteiger partial charge in [-0.25, -0.2) is 5.43 Å². The van der Waals surface area contributed by atoms with Crippen molar-refractivity contribution in [3.05, 3.63) is 35.9 Å². The Morgan fingerprint density at radius 2 is 2.06 bits per heavy atom. The third-order valence-electron chi connectivity index (χ3n) is 2.65. The van der Waals surface area contributed by atoms with E-state index in [0.29, 0.717) is 6.42 Å². The van der Waals surface area contributed by atoms with Gasteiger partial charge in [0.2, 0.25) is 5.91 Å². The number of phenols is 1. The monoisotopic (exact) mass is 230 g/mol. The van der Waals surface area contributed by atoms with Crippen LogP contribution in [0.15, 0.2) is 35.4 Å². The predicted octanol–water partition coefficient (Wildman–Crippen LogP) is 1.92. The number of hydrazone groups is 1. The summed E-state index contributed by atoms with van der Waals surface area (Å²) in [5.74, 6) is 0.342. The molecule has 1 unspecified atom stereocenters. The van der Waals surface area contributed by atoms with Gasteiger partial charge in [0.25, 0.3) is 0 Å². The van der Waals surface area contributed by atoms with Crippen LogP contribution < -0.4 is 5.43 Å². The second-order valence-corrected chi connectivity index (χ2v) is 4.10. The van der Waals surface area contributed by atoms with Gasteiger partial charge >= 0.3 is 0 Å². The summed E-state index contributed by atoms with van der Waals surface area (Å²) in [6.07, 6.45) is 4.27. The molecule has 4 heteroatoms. The van der Waals surface area contributed by atoms with Gasteiger partial charge in [0.1, 0.15) is 5.75 Å². The summed E-state index contributed by atoms with van der Waals surface area (Å²) in [4.78, 5) is 11.1. The summed E-state index contributed by atoms with van der Waals surface area (Å²) in [7, 11) is 0. The van der Waals surface area contributed by atoms with Crippen LogP contribution in [-0.2, 0) is 4.79 Å². The number of nitrogens with zero attached hydrogens (tertiary/aromatic N) is 1. The standard InChI is InChI=1S/C13H14N2O2/c1-9-8-13(17)15-14-12(9)7-4-10-2-5-11(16)6-3-10/h2-7,9,16H,8H2,1H3,(H,15,17). The van der Waals surface area contributed by atoms with Gasteiger partial charge < -0.3 is 5.11 Å². The molecule has 0 saturated heterocycles. The maximum atomic E-state index is 11.1. The molecule has 4 nitrogen and oxygen atoms in total. The fourth-order valence-corrected chi connectivity index (χ4v) is 1.63. The van der Waals surface area contributed by atoms with E-state index < -0.39 is 0 Å². The van der Waals surface area contributed by atoms with Crippen molar-refractivity contribution in [2.24, 2.45) is 11.0 Å². The van der Waals surface area contributed by atoms with Gasteiger partial charge in [0, 0.05) is 12.3 Å². The molecule has 2 rings (SSSR count). The molecule has 0 spiro atoms. The predicted molar refractivity (Wildman–Crippen MR) is 66.5 cm³/mol. The van der Waals surface area contributed by atoms with Crippen molar-refractivity contribution in [2.75, 3.05) is 0 Å². The highest BCUT2D eigenvalue weighted by atomic mass is 16.3. The van der Waals surface area contributed by atoms with Crippen LogP contribution in [-0.4, -0.2) is 16.7 Å². The van der Waals surface area contributed by atoms with Gasteiger partial charge in [-0.2, -0.15) is 5.10 Å². The number of nitrogens with one attached hydrogen (secondary N) is 1. The first-order chi connectivity index (χ1) is 8.15. The largest absolute Gasteiger partial charge is 0.508 e. The highest BCUT2D eigenvalue weighted by Crippen LogP contribution is 2.14. The van der Waals surface area contributed by atoms with Crippen LogP contribution >= 0.6 is 0 Å². The Hall–Kier alpha value is -2.10. The molecule has 1 amide bonds. The molecule has 1 atom stereocenters. The van der Waals surface area contributed by atoms with Crippen molar-refractivity contribution in [2.45, 2.75) is 13.3 Å². The van der Waals surface area contributed by atoms with Gasteiger partial charge in [-0.3, -0.25) is 4.79 Å². The average molecular weight is 230 g/mol. The number of rotatable bonds is 2. The van der Waals surface area contributed by atoms with Crippen LogP contribution in [0.5, 0.6) is 5.75 Å². The van der Waals surface area contributed by atoms with Crippen LogP contribution in [0.4, 0.5) is 0 Å². The molecule has 1 aromatic carbocycles. The van der Waals surface area contributed by atoms with Crippen molar-refractivity contribution < 1.29 is 9.90 Å². The van der Waals surface area contributed by atoms with E-state index in [0.717, 1.165) is 11.3 Å². The third-order valence-corrected chi connectivity index (χ3v) is 2.65. The van der Waals surface area contributed by atoms with Gasteiger partial charge in [-0.15, -0.1) is 0 Å². The lowest BCUT2D eigenvalue weighted by Crippen LogP contribution is -2.30. The van der Waals surface area contributed by atoms with Gasteiger partial charge in [0.05, 0.1) is 5.71 Å². The molecule has 0 aliphatic carbocycles. The van der Waals surface area contributed by atoms with Crippen molar-refractivity contribution >= 4 is 17.7 Å². The smallest absolute Gasteiger partial charge is 0.240 e. The van der Waals surface area contributed by atoms with E-state index in [9.17, 15) is 4.79 Å². The number of hydrogen-bond donors (Lipinski definition) is 2. The molecule has 1 aliphatic rings. The maximum absolute atomic E-state index is 11.1. The van der Waals surface area contributed by atoms with Crippen LogP contribution in [0, 0.1) is 5.92 Å². The van der Waals surface area contributed by atoms with E-state index >= 15 is 0 Å². The molecule has 88 valence electrons. The number of amides is 1. The molecule has 0 aromatic heterocycles. The molecule has 17 heavy (non-hydrogen) atoms. The first kappa shape index (κ1) is 11.4. The van der Waals surface area contributed by atoms with Gasteiger partial charge in [-0.05, 0) is 23.8 Å². The molecule has 1 heterocycles. The number of hydrogen-bond acceptors (Lipinski definition) is 3. The van der Waals surface area contributed by atoms with E-state index in [2.05, 4.69) is 10.5 Å². The SMILES string of the molecule is CC1CC(=O)NN=C1C=Cc1ccc(O)cc1. The molecular formula is C13H14N2O2. The zero-order valence-electron chi connectivity index (χ0n) is 9.55. The summed E-state index contributed by atoms with van der Waals surface area (Å²) in [5.41, 5.74) is 4.31. The maximum Gasteiger partial charge on any atom is 0.240 e. The van der Waals surface area contributed by atoms with Crippen LogP contribution in [0.25, 0.3) is 6.08 Å². The Kier molecular flexibility index (Phi) is 3.23. The number of allylic oxidation sites excluding steroid dienone is 1. The molecular weight excluding hydrogens is 216 g/mol. The molecule has 2 N–H and O–H groups in total. The normalized spacial score (nSPS) is 20.2. The number of aromatic hydroxyl groups is 1. The van der Waals surface area contributed by atoms with Crippen molar-refractivity contribution in [3.8, 4) is 5.75 Å². The second kappa shape index (κ2) is 4.82. The van der Waals surface area contributed by atoms with E-state index in [4.69, 9.17) is 5.11 Å². The summed E-state index contributed by atoms with van der Waals surface area (Å²) in [5, 5.41) is 13.2. The minimum atomic E-state index is -0.0423. The minimum Gasteiger partial charge on any atom is -0.508 e. The average Bonchev–Trinajstić information content (AvgIpc) is 2.30. The lowest BCUT2D eigenvalue weighted by molar-refractivity contribution is -0.121. The minimum absolute atomic E-state index is 0.0423. The zero-order valence-corrected chi connectivity index (χ0v) is 9.55. The van der Waals surface area contributed by atoms with Crippen LogP contribution in [0.2, 0.25) is 0 Å². The number of benzene rings is 1. The summed E-state index contributed by atoms with van der Waals surface area (Å²) in [6.45, 7) is 1.97. The van der Waals surface area contributed by atoms with Gasteiger partial charge in [-0.1, -0.05) is 25.1 Å². The summed E-state index contributed by atoms with van der Waals surface area (Å²) in [6, 6.07) is 6.90. The Morgan fingerprint density at radius 1 is 1.35 bits per heavy atom. The molecule has 0 fully saturated rings. The van der Waals surface area contributed by atoms with Gasteiger partial charge in [0.15, 0.2) is 0 Å². The van der Waals surface area contributed by atoms with Crippen molar-refractivity contribution in [1.82, 2.24) is 5.43 Å². The molecule has 1 aliphatic heterocycles. The topological polar surface area (TPSA) is 61.7 Å². The van der Waals surface area contributed by atoms with Crippen molar-refractivity contribution in [1.29, 1.82) is 0 Å². The lowest BCUT2D eigenvalue weighted by Gasteiger charge is -2.15. The number of carbonyl (C=O) groups excluding carboxylic acids is 1. The highest BCUT2D eigenvalue weighted by molar-refractivity contribution is 6.03. The molecule has 1 aromatic rings.